The van der Waals surface area contributed by atoms with Crippen LogP contribution in [0.15, 0.2) is 87.7 Å². The van der Waals surface area contributed by atoms with Crippen LogP contribution in [0, 0.1) is 10.5 Å². The molecular weight excluding hydrogens is 839 g/mol. The molecule has 0 radical (unpaired) electrons. The SMILES string of the molecule is COc1ccc(/C=C/C2=[N+]3C(=C(c4ccccc4)c4c(C)c(I)c(/C=C/c5ccc(OC)c(OC)c5)n4[B-]3(F)F)C(C)=C2I)cc1OC. The predicted molar refractivity (Wildman–Crippen MR) is 207 cm³/mol. The van der Waals surface area contributed by atoms with Crippen LogP contribution >= 0.6 is 45.2 Å². The van der Waals surface area contributed by atoms with Gasteiger partial charge in [-0.15, -0.1) is 0 Å². The average Bonchev–Trinajstić information content (AvgIpc) is 3.51. The zero-order chi connectivity index (χ0) is 34.3. The van der Waals surface area contributed by atoms with Gasteiger partial charge in [-0.25, -0.2) is 0 Å². The minimum absolute atomic E-state index is 0.429. The lowest BCUT2D eigenvalue weighted by Gasteiger charge is -2.34. The van der Waals surface area contributed by atoms with Gasteiger partial charge >= 0.3 is 6.97 Å². The lowest BCUT2D eigenvalue weighted by atomic mass is 9.83. The van der Waals surface area contributed by atoms with Crippen LogP contribution in [0.2, 0.25) is 0 Å². The zero-order valence-electron chi connectivity index (χ0n) is 27.3. The number of ether oxygens (including phenoxy) is 4. The van der Waals surface area contributed by atoms with Crippen LogP contribution < -0.4 is 18.9 Å². The summed E-state index contributed by atoms with van der Waals surface area (Å²) in [6, 6.07) is 20.8. The molecule has 3 aromatic carbocycles. The van der Waals surface area contributed by atoms with Crippen LogP contribution in [0.5, 0.6) is 23.0 Å². The third kappa shape index (κ3) is 5.68. The number of methoxy groups -OCH3 is 4. The maximum Gasteiger partial charge on any atom is 0.737 e. The number of allylic oxidation sites excluding steroid dienone is 3. The maximum atomic E-state index is 17.5. The van der Waals surface area contributed by atoms with Crippen molar-refractivity contribution in [1.29, 1.82) is 0 Å². The minimum Gasteiger partial charge on any atom is -0.493 e. The Hall–Kier alpha value is -3.85. The number of hydrogen-bond donors (Lipinski definition) is 0. The molecule has 0 saturated carbocycles. The van der Waals surface area contributed by atoms with Gasteiger partial charge in [-0.05, 0) is 118 Å². The Balaban J connectivity index is 1.59. The van der Waals surface area contributed by atoms with E-state index in [2.05, 4.69) is 45.2 Å². The third-order valence-electron chi connectivity index (χ3n) is 8.66. The lowest BCUT2D eigenvalue weighted by molar-refractivity contribution is -0.362. The molecule has 0 atom stereocenters. The van der Waals surface area contributed by atoms with Crippen LogP contribution in [-0.4, -0.2) is 50.1 Å². The summed E-state index contributed by atoms with van der Waals surface area (Å²) in [5, 5.41) is 0. The summed E-state index contributed by atoms with van der Waals surface area (Å²) in [7, 11) is 6.29. The van der Waals surface area contributed by atoms with Gasteiger partial charge in [-0.3, -0.25) is 0 Å². The van der Waals surface area contributed by atoms with Crippen molar-refractivity contribution in [3.8, 4) is 23.0 Å². The average molecular weight is 872 g/mol. The zero-order valence-corrected chi connectivity index (χ0v) is 31.6. The summed E-state index contributed by atoms with van der Waals surface area (Å²) >= 11 is 4.40. The van der Waals surface area contributed by atoms with Crippen LogP contribution in [-0.2, 0) is 0 Å². The van der Waals surface area contributed by atoms with Crippen molar-refractivity contribution < 1.29 is 32.1 Å². The summed E-state index contributed by atoms with van der Waals surface area (Å²) in [6.07, 6.45) is 7.20. The molecule has 0 fully saturated rings. The normalized spacial score (nSPS) is 15.5. The first-order valence-electron chi connectivity index (χ1n) is 15.1. The second kappa shape index (κ2) is 13.6. The maximum absolute atomic E-state index is 17.5. The Kier molecular flexibility index (Phi) is 9.63. The van der Waals surface area contributed by atoms with Gasteiger partial charge in [-0.2, -0.15) is 0 Å². The summed E-state index contributed by atoms with van der Waals surface area (Å²) in [4.78, 5) is 0. The summed E-state index contributed by atoms with van der Waals surface area (Å²) in [5.74, 6) is 2.31. The number of fused-ring (bicyclic) bond motifs is 2. The molecular formula is C37H33BF2I2N2O4. The van der Waals surface area contributed by atoms with E-state index in [0.717, 1.165) is 40.6 Å². The second-order valence-corrected chi connectivity index (χ2v) is 13.5. The van der Waals surface area contributed by atoms with Crippen LogP contribution in [0.25, 0.3) is 23.8 Å². The van der Waals surface area contributed by atoms with Gasteiger partial charge in [0, 0.05) is 26.6 Å². The predicted octanol–water partition coefficient (Wildman–Crippen LogP) is 9.49. The first-order chi connectivity index (χ1) is 23.1. The lowest BCUT2D eigenvalue weighted by Crippen LogP contribution is -2.51. The van der Waals surface area contributed by atoms with Crippen LogP contribution in [0.1, 0.15) is 40.6 Å². The van der Waals surface area contributed by atoms with E-state index in [0.29, 0.717) is 45.8 Å². The largest absolute Gasteiger partial charge is 0.737 e. The molecule has 0 amide bonds. The van der Waals surface area contributed by atoms with Gasteiger partial charge < -0.3 is 36.5 Å². The topological polar surface area (TPSA) is 44.9 Å². The molecule has 1 aromatic heterocycles. The number of hydrogen-bond acceptors (Lipinski definition) is 4. The molecule has 0 aliphatic carbocycles. The highest BCUT2D eigenvalue weighted by molar-refractivity contribution is 14.1. The highest BCUT2D eigenvalue weighted by atomic mass is 127. The highest BCUT2D eigenvalue weighted by Crippen LogP contribution is 2.48. The van der Waals surface area contributed by atoms with E-state index >= 15 is 8.63 Å². The second-order valence-electron chi connectivity index (χ2n) is 11.3. The summed E-state index contributed by atoms with van der Waals surface area (Å²) in [6.45, 7) is -0.506. The quantitative estimate of drug-likeness (QED) is 0.124. The minimum atomic E-state index is -4.35. The fourth-order valence-electron chi connectivity index (χ4n) is 6.34. The molecule has 0 N–H and O–H groups in total. The molecule has 0 saturated heterocycles. The summed E-state index contributed by atoms with van der Waals surface area (Å²) < 4.78 is 60.7. The van der Waals surface area contributed by atoms with Crippen molar-refractivity contribution >= 4 is 81.7 Å². The van der Waals surface area contributed by atoms with Crippen molar-refractivity contribution in [3.05, 3.63) is 125 Å². The molecule has 48 heavy (non-hydrogen) atoms. The standard InChI is InChI=1S/C37H33BF2I2N2O4/c1-22-34(41)27(16-12-24-14-18-29(45-3)31(20-24)47-5)43-36(22)33(26-10-8-7-9-11-26)37-23(2)35(42)28(44(37)38(43,39)40)17-13-25-15-19-30(46-4)32(21-25)48-6/h7-21H,1-6H3/b16-12+,17-13+. The Morgan fingerprint density at radius 3 is 1.79 bits per heavy atom. The van der Waals surface area contributed by atoms with Crippen molar-refractivity contribution in [2.75, 3.05) is 28.4 Å². The molecule has 0 bridgehead atoms. The third-order valence-corrected chi connectivity index (χ3v) is 11.4. The molecule has 3 heterocycles. The van der Waals surface area contributed by atoms with Crippen molar-refractivity contribution in [3.63, 3.8) is 0 Å². The molecule has 0 spiro atoms. The summed E-state index contributed by atoms with van der Waals surface area (Å²) in [5.41, 5.74) is 6.71. The number of rotatable bonds is 9. The van der Waals surface area contributed by atoms with Crippen molar-refractivity contribution in [1.82, 2.24) is 4.48 Å². The van der Waals surface area contributed by atoms with E-state index in [9.17, 15) is 0 Å². The molecule has 4 aromatic rings. The first-order valence-corrected chi connectivity index (χ1v) is 17.3. The van der Waals surface area contributed by atoms with Crippen molar-refractivity contribution in [2.45, 2.75) is 13.8 Å². The van der Waals surface area contributed by atoms with E-state index in [-0.39, 0.29) is 0 Å². The Bertz CT molecular complexity index is 2100. The molecule has 2 aliphatic rings. The highest BCUT2D eigenvalue weighted by Gasteiger charge is 2.57. The number of halogens is 4. The monoisotopic (exact) mass is 872 g/mol. The van der Waals surface area contributed by atoms with E-state index in [1.54, 1.807) is 52.7 Å². The van der Waals surface area contributed by atoms with Gasteiger partial charge in [0.1, 0.15) is 0 Å². The van der Waals surface area contributed by atoms with Gasteiger partial charge in [0.2, 0.25) is 0 Å². The van der Waals surface area contributed by atoms with E-state index < -0.39 is 6.97 Å². The van der Waals surface area contributed by atoms with Gasteiger partial charge in [0.15, 0.2) is 34.4 Å². The van der Waals surface area contributed by atoms with E-state index in [1.807, 2.05) is 80.6 Å². The Labute approximate surface area is 306 Å². The van der Waals surface area contributed by atoms with E-state index in [4.69, 9.17) is 18.9 Å². The number of nitrogens with zero attached hydrogens (tertiary/aromatic N) is 2. The fraction of sp³-hybridized carbons (Fsp3) is 0.162. The molecule has 6 rings (SSSR count). The van der Waals surface area contributed by atoms with Crippen LogP contribution in [0.4, 0.5) is 8.63 Å². The van der Waals surface area contributed by atoms with Crippen LogP contribution in [0.3, 0.4) is 0 Å². The number of benzene rings is 3. The van der Waals surface area contributed by atoms with Crippen molar-refractivity contribution in [2.24, 2.45) is 0 Å². The van der Waals surface area contributed by atoms with Gasteiger partial charge in [0.25, 0.3) is 0 Å². The fourth-order valence-corrected chi connectivity index (χ4v) is 7.73. The molecule has 6 nitrogen and oxygen atoms in total. The molecule has 246 valence electrons. The number of aromatic nitrogens is 1. The van der Waals surface area contributed by atoms with Gasteiger partial charge in [-0.1, -0.05) is 48.5 Å². The molecule has 11 heteroatoms. The van der Waals surface area contributed by atoms with E-state index in [1.165, 1.54) is 8.96 Å². The molecule has 2 aliphatic heterocycles. The molecule has 0 unspecified atom stereocenters. The van der Waals surface area contributed by atoms with Gasteiger partial charge in [0.05, 0.1) is 37.6 Å². The first kappa shape index (κ1) is 34.0. The smallest absolute Gasteiger partial charge is 0.493 e. The Morgan fingerprint density at radius 1 is 0.708 bits per heavy atom. The Morgan fingerprint density at radius 2 is 1.25 bits per heavy atom.